The zero-order chi connectivity index (χ0) is 9.42. The summed E-state index contributed by atoms with van der Waals surface area (Å²) < 4.78 is 1.95. The average Bonchev–Trinajstić information content (AvgIpc) is 2.43. The predicted octanol–water partition coefficient (Wildman–Crippen LogP) is 2.77. The summed E-state index contributed by atoms with van der Waals surface area (Å²) in [5, 5.41) is 4.37. The van der Waals surface area contributed by atoms with E-state index in [0.717, 1.165) is 5.69 Å². The summed E-state index contributed by atoms with van der Waals surface area (Å²) in [6.45, 7) is 6.44. The van der Waals surface area contributed by atoms with Gasteiger partial charge in [-0.15, -0.1) is 0 Å². The fraction of sp³-hybridized carbons (Fsp3) is 0.364. The van der Waals surface area contributed by atoms with E-state index in [0.29, 0.717) is 5.92 Å². The van der Waals surface area contributed by atoms with Crippen molar-refractivity contribution < 1.29 is 0 Å². The van der Waals surface area contributed by atoms with E-state index in [9.17, 15) is 0 Å². The van der Waals surface area contributed by atoms with Gasteiger partial charge in [0.05, 0.1) is 11.2 Å². The van der Waals surface area contributed by atoms with Crippen LogP contribution in [0, 0.1) is 6.92 Å². The van der Waals surface area contributed by atoms with Gasteiger partial charge >= 0.3 is 0 Å². The van der Waals surface area contributed by atoms with E-state index in [-0.39, 0.29) is 0 Å². The van der Waals surface area contributed by atoms with Crippen LogP contribution >= 0.6 is 0 Å². The minimum Gasteiger partial charge on any atom is -0.240 e. The molecule has 68 valence electrons. The van der Waals surface area contributed by atoms with Gasteiger partial charge in [0.25, 0.3) is 0 Å². The van der Waals surface area contributed by atoms with Crippen molar-refractivity contribution in [1.29, 1.82) is 0 Å². The molecule has 0 N–H and O–H groups in total. The van der Waals surface area contributed by atoms with Crippen molar-refractivity contribution in [3.63, 3.8) is 0 Å². The van der Waals surface area contributed by atoms with Gasteiger partial charge in [0.2, 0.25) is 0 Å². The summed E-state index contributed by atoms with van der Waals surface area (Å²) >= 11 is 0. The van der Waals surface area contributed by atoms with Crippen LogP contribution in [0.4, 0.5) is 0 Å². The van der Waals surface area contributed by atoms with Crippen molar-refractivity contribution in [3.8, 4) is 0 Å². The Kier molecular flexibility index (Phi) is 1.83. The van der Waals surface area contributed by atoms with Crippen LogP contribution in [0.5, 0.6) is 0 Å². The smallest absolute Gasteiger partial charge is 0.0698 e. The summed E-state index contributed by atoms with van der Waals surface area (Å²) in [5.74, 6) is 0.555. The SMILES string of the molecule is Cc1cc2c(C(C)C)cccn2n1. The van der Waals surface area contributed by atoms with E-state index in [4.69, 9.17) is 0 Å². The van der Waals surface area contributed by atoms with Gasteiger partial charge in [-0.3, -0.25) is 0 Å². The molecule has 0 spiro atoms. The molecule has 2 heterocycles. The highest BCUT2D eigenvalue weighted by Crippen LogP contribution is 2.20. The Balaban J connectivity index is 2.75. The summed E-state index contributed by atoms with van der Waals surface area (Å²) in [6.07, 6.45) is 1.99. The summed E-state index contributed by atoms with van der Waals surface area (Å²) in [7, 11) is 0. The molecule has 0 atom stereocenters. The van der Waals surface area contributed by atoms with Crippen molar-refractivity contribution >= 4 is 5.52 Å². The van der Waals surface area contributed by atoms with Crippen LogP contribution in [0.15, 0.2) is 24.4 Å². The lowest BCUT2D eigenvalue weighted by molar-refractivity contribution is 0.851. The number of rotatable bonds is 1. The second-order valence-electron chi connectivity index (χ2n) is 3.73. The Labute approximate surface area is 78.2 Å². The number of hydrogen-bond donors (Lipinski definition) is 0. The van der Waals surface area contributed by atoms with E-state index < -0.39 is 0 Å². The fourth-order valence-corrected chi connectivity index (χ4v) is 1.65. The summed E-state index contributed by atoms with van der Waals surface area (Å²) in [4.78, 5) is 0. The first-order valence-electron chi connectivity index (χ1n) is 4.63. The normalized spacial score (nSPS) is 11.4. The Hall–Kier alpha value is -1.31. The molecule has 0 unspecified atom stereocenters. The molecule has 0 fully saturated rings. The predicted molar refractivity (Wildman–Crippen MR) is 54.0 cm³/mol. The minimum atomic E-state index is 0.555. The molecule has 0 saturated heterocycles. The van der Waals surface area contributed by atoms with Gasteiger partial charge in [-0.05, 0) is 30.5 Å². The van der Waals surface area contributed by atoms with Gasteiger partial charge in [-0.2, -0.15) is 5.10 Å². The van der Waals surface area contributed by atoms with Gasteiger partial charge in [0.15, 0.2) is 0 Å². The third kappa shape index (κ3) is 1.32. The van der Waals surface area contributed by atoms with E-state index in [1.807, 2.05) is 17.6 Å². The van der Waals surface area contributed by atoms with E-state index >= 15 is 0 Å². The van der Waals surface area contributed by atoms with E-state index in [1.54, 1.807) is 0 Å². The number of fused-ring (bicyclic) bond motifs is 1. The Morgan fingerprint density at radius 1 is 1.38 bits per heavy atom. The van der Waals surface area contributed by atoms with Crippen LogP contribution in [0.25, 0.3) is 5.52 Å². The molecule has 2 nitrogen and oxygen atoms in total. The Bertz CT molecular complexity index is 427. The number of hydrogen-bond acceptors (Lipinski definition) is 1. The van der Waals surface area contributed by atoms with Crippen LogP contribution in [0.1, 0.15) is 31.0 Å². The molecular formula is C11H14N2. The average molecular weight is 174 g/mol. The molecule has 0 aliphatic heterocycles. The van der Waals surface area contributed by atoms with Crippen LogP contribution in [-0.4, -0.2) is 9.61 Å². The molecule has 0 amide bonds. The van der Waals surface area contributed by atoms with Gasteiger partial charge in [-0.1, -0.05) is 19.9 Å². The Morgan fingerprint density at radius 2 is 2.15 bits per heavy atom. The molecule has 13 heavy (non-hydrogen) atoms. The van der Waals surface area contributed by atoms with Crippen molar-refractivity contribution in [2.75, 3.05) is 0 Å². The maximum Gasteiger partial charge on any atom is 0.0698 e. The van der Waals surface area contributed by atoms with Crippen molar-refractivity contribution in [3.05, 3.63) is 35.7 Å². The van der Waals surface area contributed by atoms with Gasteiger partial charge < -0.3 is 0 Å². The second-order valence-corrected chi connectivity index (χ2v) is 3.73. The molecule has 0 radical (unpaired) electrons. The van der Waals surface area contributed by atoms with E-state index in [2.05, 4.69) is 37.1 Å². The van der Waals surface area contributed by atoms with Gasteiger partial charge in [-0.25, -0.2) is 4.52 Å². The first-order chi connectivity index (χ1) is 6.18. The standard InChI is InChI=1S/C11H14N2/c1-8(2)10-5-4-6-13-11(10)7-9(3)12-13/h4-8H,1-3H3. The lowest BCUT2D eigenvalue weighted by Crippen LogP contribution is -1.93. The molecule has 0 bridgehead atoms. The first kappa shape index (κ1) is 8.30. The molecular weight excluding hydrogens is 160 g/mol. The van der Waals surface area contributed by atoms with Crippen molar-refractivity contribution in [2.45, 2.75) is 26.7 Å². The molecule has 0 aliphatic rings. The van der Waals surface area contributed by atoms with Crippen LogP contribution in [-0.2, 0) is 0 Å². The monoisotopic (exact) mass is 174 g/mol. The highest BCUT2D eigenvalue weighted by Gasteiger charge is 2.05. The number of nitrogens with zero attached hydrogens (tertiary/aromatic N) is 2. The van der Waals surface area contributed by atoms with Gasteiger partial charge in [0.1, 0.15) is 0 Å². The van der Waals surface area contributed by atoms with Crippen LogP contribution in [0.3, 0.4) is 0 Å². The maximum absolute atomic E-state index is 4.37. The second kappa shape index (κ2) is 2.87. The van der Waals surface area contributed by atoms with Crippen LogP contribution in [0.2, 0.25) is 0 Å². The quantitative estimate of drug-likeness (QED) is 0.649. The maximum atomic E-state index is 4.37. The first-order valence-corrected chi connectivity index (χ1v) is 4.63. The largest absolute Gasteiger partial charge is 0.240 e. The summed E-state index contributed by atoms with van der Waals surface area (Å²) in [6, 6.07) is 6.35. The zero-order valence-corrected chi connectivity index (χ0v) is 8.28. The molecule has 0 aromatic carbocycles. The lowest BCUT2D eigenvalue weighted by Gasteiger charge is -2.06. The number of aromatic nitrogens is 2. The molecule has 2 rings (SSSR count). The Morgan fingerprint density at radius 3 is 2.85 bits per heavy atom. The highest BCUT2D eigenvalue weighted by atomic mass is 15.2. The van der Waals surface area contributed by atoms with Crippen molar-refractivity contribution in [1.82, 2.24) is 9.61 Å². The summed E-state index contributed by atoms with van der Waals surface area (Å²) in [5.41, 5.74) is 3.67. The minimum absolute atomic E-state index is 0.555. The van der Waals surface area contributed by atoms with Crippen LogP contribution < -0.4 is 0 Å². The third-order valence-electron chi connectivity index (χ3n) is 2.28. The number of aryl methyl sites for hydroxylation is 1. The van der Waals surface area contributed by atoms with Crippen molar-refractivity contribution in [2.24, 2.45) is 0 Å². The molecule has 2 heteroatoms. The lowest BCUT2D eigenvalue weighted by atomic mass is 10.0. The fourth-order valence-electron chi connectivity index (χ4n) is 1.65. The van der Waals surface area contributed by atoms with E-state index in [1.165, 1.54) is 11.1 Å². The molecule has 2 aromatic rings. The molecule has 2 aromatic heterocycles. The highest BCUT2D eigenvalue weighted by molar-refractivity contribution is 5.56. The zero-order valence-electron chi connectivity index (χ0n) is 8.28. The number of pyridine rings is 1. The third-order valence-corrected chi connectivity index (χ3v) is 2.28. The molecule has 0 saturated carbocycles. The molecule has 0 aliphatic carbocycles. The van der Waals surface area contributed by atoms with Gasteiger partial charge in [0, 0.05) is 6.20 Å². The topological polar surface area (TPSA) is 17.3 Å².